The standard InChI is InChI=1S/C25H21ClN2O3/c1-16(17-10-12-19(26)13-11-17)28-24(29)21-8-3-4-9-22(21)25-27-15-23(31-25)18-6-5-7-20(14-18)30-2/h3-16H,1-2H3,(H,28,29)/t16-/m1/s1. The lowest BCUT2D eigenvalue weighted by Crippen LogP contribution is -2.27. The molecule has 1 heterocycles. The van der Waals surface area contributed by atoms with E-state index in [9.17, 15) is 4.79 Å². The van der Waals surface area contributed by atoms with Crippen LogP contribution in [0.15, 0.2) is 83.4 Å². The number of aromatic nitrogens is 1. The number of halogens is 1. The predicted molar refractivity (Wildman–Crippen MR) is 121 cm³/mol. The molecule has 6 heteroatoms. The lowest BCUT2D eigenvalue weighted by Gasteiger charge is -2.15. The van der Waals surface area contributed by atoms with Crippen molar-refractivity contribution < 1.29 is 13.9 Å². The fourth-order valence-electron chi connectivity index (χ4n) is 3.29. The van der Waals surface area contributed by atoms with Gasteiger partial charge in [0.25, 0.3) is 5.91 Å². The number of oxazole rings is 1. The molecule has 4 aromatic rings. The first-order valence-electron chi connectivity index (χ1n) is 9.81. The van der Waals surface area contributed by atoms with E-state index in [1.165, 1.54) is 0 Å². The van der Waals surface area contributed by atoms with Crippen LogP contribution in [0.4, 0.5) is 0 Å². The molecule has 1 aromatic heterocycles. The number of nitrogens with zero attached hydrogens (tertiary/aromatic N) is 1. The molecule has 1 amide bonds. The number of benzene rings is 3. The van der Waals surface area contributed by atoms with Gasteiger partial charge in [0.05, 0.1) is 24.9 Å². The Bertz CT molecular complexity index is 1200. The van der Waals surface area contributed by atoms with Gasteiger partial charge in [0.1, 0.15) is 5.75 Å². The van der Waals surface area contributed by atoms with Crippen LogP contribution in [0.5, 0.6) is 5.75 Å². The number of nitrogens with one attached hydrogen (secondary N) is 1. The van der Waals surface area contributed by atoms with Gasteiger partial charge in [-0.1, -0.05) is 48.0 Å². The van der Waals surface area contributed by atoms with Crippen LogP contribution in [0.1, 0.15) is 28.9 Å². The summed E-state index contributed by atoms with van der Waals surface area (Å²) in [5.41, 5.74) is 2.92. The van der Waals surface area contributed by atoms with E-state index in [1.807, 2.05) is 61.5 Å². The maximum atomic E-state index is 13.0. The number of carbonyl (C=O) groups excluding carboxylic acids is 1. The third-order valence-electron chi connectivity index (χ3n) is 4.98. The van der Waals surface area contributed by atoms with Gasteiger partial charge < -0.3 is 14.5 Å². The molecule has 1 N–H and O–H groups in total. The molecule has 0 saturated heterocycles. The highest BCUT2D eigenvalue weighted by molar-refractivity contribution is 6.30. The van der Waals surface area contributed by atoms with E-state index < -0.39 is 0 Å². The van der Waals surface area contributed by atoms with Crippen molar-refractivity contribution in [1.82, 2.24) is 10.3 Å². The predicted octanol–water partition coefficient (Wildman–Crippen LogP) is 6.16. The third kappa shape index (κ3) is 4.62. The van der Waals surface area contributed by atoms with E-state index in [-0.39, 0.29) is 11.9 Å². The number of hydrogen-bond acceptors (Lipinski definition) is 4. The molecule has 3 aromatic carbocycles. The molecular weight excluding hydrogens is 412 g/mol. The Kier molecular flexibility index (Phi) is 6.05. The fraction of sp³-hybridized carbons (Fsp3) is 0.120. The van der Waals surface area contributed by atoms with Gasteiger partial charge in [-0.25, -0.2) is 4.98 Å². The second kappa shape index (κ2) is 9.06. The van der Waals surface area contributed by atoms with Gasteiger partial charge in [0, 0.05) is 16.1 Å². The SMILES string of the molecule is COc1cccc(-c2cnc(-c3ccccc3C(=O)N[C@H](C)c3ccc(Cl)cc3)o2)c1. The zero-order valence-electron chi connectivity index (χ0n) is 17.1. The number of methoxy groups -OCH3 is 1. The summed E-state index contributed by atoms with van der Waals surface area (Å²) in [5, 5.41) is 3.68. The zero-order chi connectivity index (χ0) is 21.8. The minimum Gasteiger partial charge on any atom is -0.497 e. The van der Waals surface area contributed by atoms with E-state index in [1.54, 1.807) is 31.5 Å². The molecule has 0 bridgehead atoms. The summed E-state index contributed by atoms with van der Waals surface area (Å²) in [6.07, 6.45) is 1.65. The maximum absolute atomic E-state index is 13.0. The van der Waals surface area contributed by atoms with Crippen LogP contribution in [-0.4, -0.2) is 18.0 Å². The summed E-state index contributed by atoms with van der Waals surface area (Å²) in [6.45, 7) is 1.93. The van der Waals surface area contributed by atoms with Gasteiger partial charge in [-0.15, -0.1) is 0 Å². The molecule has 0 radical (unpaired) electrons. The van der Waals surface area contributed by atoms with E-state index in [0.717, 1.165) is 16.9 Å². The number of amides is 1. The molecule has 0 unspecified atom stereocenters. The number of hydrogen-bond donors (Lipinski definition) is 1. The van der Waals surface area contributed by atoms with Crippen molar-refractivity contribution in [3.05, 3.63) is 95.1 Å². The highest BCUT2D eigenvalue weighted by Gasteiger charge is 2.19. The minimum atomic E-state index is -0.209. The van der Waals surface area contributed by atoms with Crippen LogP contribution in [0.25, 0.3) is 22.8 Å². The third-order valence-corrected chi connectivity index (χ3v) is 5.23. The van der Waals surface area contributed by atoms with Gasteiger partial charge in [-0.05, 0) is 48.9 Å². The number of carbonyl (C=O) groups is 1. The molecule has 0 saturated carbocycles. The van der Waals surface area contributed by atoms with E-state index >= 15 is 0 Å². The zero-order valence-corrected chi connectivity index (χ0v) is 17.9. The number of rotatable bonds is 6. The quantitative estimate of drug-likeness (QED) is 0.396. The van der Waals surface area contributed by atoms with Gasteiger partial charge in [0.2, 0.25) is 5.89 Å². The van der Waals surface area contributed by atoms with Crippen LogP contribution in [-0.2, 0) is 0 Å². The second-order valence-corrected chi connectivity index (χ2v) is 7.49. The molecule has 0 aliphatic carbocycles. The van der Waals surface area contributed by atoms with Crippen LogP contribution < -0.4 is 10.1 Å². The van der Waals surface area contributed by atoms with Gasteiger partial charge in [-0.2, -0.15) is 0 Å². The molecule has 5 nitrogen and oxygen atoms in total. The summed E-state index contributed by atoms with van der Waals surface area (Å²) < 4.78 is 11.3. The topological polar surface area (TPSA) is 64.4 Å². The Morgan fingerprint density at radius 1 is 1.06 bits per heavy atom. The molecule has 1 atom stereocenters. The van der Waals surface area contributed by atoms with Crippen LogP contribution in [0, 0.1) is 0 Å². The van der Waals surface area contributed by atoms with Crippen molar-refractivity contribution in [3.63, 3.8) is 0 Å². The molecular formula is C25H21ClN2O3. The van der Waals surface area contributed by atoms with Crippen LogP contribution in [0.3, 0.4) is 0 Å². The average Bonchev–Trinajstić information content (AvgIpc) is 3.30. The summed E-state index contributed by atoms with van der Waals surface area (Å²) in [7, 11) is 1.62. The van der Waals surface area contributed by atoms with Crippen molar-refractivity contribution >= 4 is 17.5 Å². The Morgan fingerprint density at radius 2 is 1.84 bits per heavy atom. The minimum absolute atomic E-state index is 0.185. The molecule has 31 heavy (non-hydrogen) atoms. The first-order valence-corrected chi connectivity index (χ1v) is 10.2. The van der Waals surface area contributed by atoms with Crippen molar-refractivity contribution in [1.29, 1.82) is 0 Å². The van der Waals surface area contributed by atoms with Gasteiger partial charge in [-0.3, -0.25) is 4.79 Å². The smallest absolute Gasteiger partial charge is 0.252 e. The van der Waals surface area contributed by atoms with Gasteiger partial charge in [0.15, 0.2) is 5.76 Å². The normalized spacial score (nSPS) is 11.7. The first-order chi connectivity index (χ1) is 15.0. The molecule has 4 rings (SSSR count). The summed E-state index contributed by atoms with van der Waals surface area (Å²) in [5.74, 6) is 1.49. The molecule has 0 fully saturated rings. The monoisotopic (exact) mass is 432 g/mol. The lowest BCUT2D eigenvalue weighted by molar-refractivity contribution is 0.0940. The van der Waals surface area contributed by atoms with Crippen molar-refractivity contribution in [3.8, 4) is 28.5 Å². The maximum Gasteiger partial charge on any atom is 0.252 e. The largest absolute Gasteiger partial charge is 0.497 e. The van der Waals surface area contributed by atoms with Crippen LogP contribution in [0.2, 0.25) is 5.02 Å². The summed E-state index contributed by atoms with van der Waals surface area (Å²) >= 11 is 5.96. The number of ether oxygens (including phenoxy) is 1. The first kappa shape index (κ1) is 20.7. The van der Waals surface area contributed by atoms with E-state index in [0.29, 0.717) is 27.8 Å². The summed E-state index contributed by atoms with van der Waals surface area (Å²) in [4.78, 5) is 17.4. The average molecular weight is 433 g/mol. The summed E-state index contributed by atoms with van der Waals surface area (Å²) in [6, 6.07) is 22.0. The van der Waals surface area contributed by atoms with E-state index in [4.69, 9.17) is 20.8 Å². The Labute approximate surface area is 185 Å². The van der Waals surface area contributed by atoms with Crippen molar-refractivity contribution in [2.45, 2.75) is 13.0 Å². The second-order valence-electron chi connectivity index (χ2n) is 7.05. The molecule has 156 valence electrons. The highest BCUT2D eigenvalue weighted by Crippen LogP contribution is 2.30. The van der Waals surface area contributed by atoms with Crippen molar-refractivity contribution in [2.75, 3.05) is 7.11 Å². The fourth-order valence-corrected chi connectivity index (χ4v) is 3.41. The molecule has 0 spiro atoms. The van der Waals surface area contributed by atoms with Gasteiger partial charge >= 0.3 is 0 Å². The lowest BCUT2D eigenvalue weighted by atomic mass is 10.0. The Balaban J connectivity index is 1.59. The Morgan fingerprint density at radius 3 is 2.61 bits per heavy atom. The Hall–Kier alpha value is -3.57. The molecule has 0 aliphatic heterocycles. The van der Waals surface area contributed by atoms with Crippen LogP contribution >= 0.6 is 11.6 Å². The van der Waals surface area contributed by atoms with E-state index in [2.05, 4.69) is 10.3 Å². The highest BCUT2D eigenvalue weighted by atomic mass is 35.5. The van der Waals surface area contributed by atoms with Crippen molar-refractivity contribution in [2.24, 2.45) is 0 Å². The molecule has 0 aliphatic rings.